The summed E-state index contributed by atoms with van der Waals surface area (Å²) in [5, 5.41) is 6.24. The number of nitrogens with zero attached hydrogens (tertiary/aromatic N) is 2. The molecule has 6 nitrogen and oxygen atoms in total. The quantitative estimate of drug-likeness (QED) is 0.726. The van der Waals surface area contributed by atoms with Crippen molar-refractivity contribution >= 4 is 48.8 Å². The van der Waals surface area contributed by atoms with Crippen LogP contribution in [0.25, 0.3) is 0 Å². The highest BCUT2D eigenvalue weighted by molar-refractivity contribution is 5.86. The van der Waals surface area contributed by atoms with Crippen molar-refractivity contribution < 1.29 is 9.53 Å². The monoisotopic (exact) mass is 440 g/mol. The lowest BCUT2D eigenvalue weighted by Crippen LogP contribution is -2.55. The molecule has 2 N–H and O–H groups in total. The molecule has 1 aromatic rings. The van der Waals surface area contributed by atoms with E-state index in [0.29, 0.717) is 25.8 Å². The van der Waals surface area contributed by atoms with Gasteiger partial charge in [0.1, 0.15) is 6.04 Å². The number of piperazine rings is 1. The molecule has 3 rings (SSSR count). The summed E-state index contributed by atoms with van der Waals surface area (Å²) < 4.78 is 5.34. The van der Waals surface area contributed by atoms with E-state index in [-0.39, 0.29) is 49.2 Å². The molecular weight excluding hydrogens is 411 g/mol. The smallest absolute Gasteiger partial charge is 0.239 e. The molecule has 2 fully saturated rings. The van der Waals surface area contributed by atoms with E-state index in [4.69, 9.17) is 4.74 Å². The van der Waals surface area contributed by atoms with Gasteiger partial charge in [0.25, 0.3) is 0 Å². The highest BCUT2D eigenvalue weighted by Crippen LogP contribution is 2.16. The summed E-state index contributed by atoms with van der Waals surface area (Å²) in [7, 11) is 0. The van der Waals surface area contributed by atoms with Crippen molar-refractivity contribution in [3.63, 3.8) is 0 Å². The second kappa shape index (κ2) is 13.4. The summed E-state index contributed by atoms with van der Waals surface area (Å²) in [4.78, 5) is 17.0. The van der Waals surface area contributed by atoms with Crippen LogP contribution in [0.5, 0.6) is 0 Å². The molecule has 0 aromatic heterocycles. The van der Waals surface area contributed by atoms with Crippen LogP contribution in [0.1, 0.15) is 6.92 Å². The summed E-state index contributed by atoms with van der Waals surface area (Å²) in [6.07, 6.45) is 0. The fourth-order valence-electron chi connectivity index (χ4n) is 3.29. The molecule has 1 amide bonds. The Balaban J connectivity index is 0.00000225. The minimum absolute atomic E-state index is 0. The Morgan fingerprint density at radius 2 is 1.85 bits per heavy atom. The number of anilines is 1. The van der Waals surface area contributed by atoms with E-state index >= 15 is 0 Å². The molecule has 2 atom stereocenters. The third-order valence-electron chi connectivity index (χ3n) is 4.87. The Hall–Kier alpha value is -0.760. The number of hydrogen-bond donors (Lipinski definition) is 2. The minimum atomic E-state index is -0.208. The molecular formula is C18H31Cl3N4O2. The van der Waals surface area contributed by atoms with Gasteiger partial charge in [-0.15, -0.1) is 37.2 Å². The number of rotatable bonds is 5. The van der Waals surface area contributed by atoms with Crippen LogP contribution in [0.15, 0.2) is 30.3 Å². The maximum absolute atomic E-state index is 12.1. The number of amides is 1. The van der Waals surface area contributed by atoms with E-state index in [0.717, 1.165) is 32.7 Å². The van der Waals surface area contributed by atoms with Crippen LogP contribution in [0.2, 0.25) is 0 Å². The molecule has 1 aromatic carbocycles. The summed E-state index contributed by atoms with van der Waals surface area (Å²) >= 11 is 0. The van der Waals surface area contributed by atoms with Gasteiger partial charge in [-0.3, -0.25) is 9.69 Å². The van der Waals surface area contributed by atoms with Gasteiger partial charge in [-0.2, -0.15) is 0 Å². The van der Waals surface area contributed by atoms with Crippen LogP contribution >= 0.6 is 37.2 Å². The first-order valence-electron chi connectivity index (χ1n) is 8.87. The predicted molar refractivity (Wildman–Crippen MR) is 117 cm³/mol. The summed E-state index contributed by atoms with van der Waals surface area (Å²) in [5.74, 6) is 0.0458. The van der Waals surface area contributed by atoms with Gasteiger partial charge in [0.05, 0.1) is 13.2 Å². The Morgan fingerprint density at radius 3 is 2.44 bits per heavy atom. The second-order valence-corrected chi connectivity index (χ2v) is 6.53. The first kappa shape index (κ1) is 26.2. The molecule has 0 spiro atoms. The lowest BCUT2D eigenvalue weighted by atomic mass is 10.2. The van der Waals surface area contributed by atoms with Gasteiger partial charge >= 0.3 is 0 Å². The van der Waals surface area contributed by atoms with Crippen molar-refractivity contribution in [3.8, 4) is 0 Å². The molecule has 9 heteroatoms. The van der Waals surface area contributed by atoms with E-state index in [1.54, 1.807) is 0 Å². The molecule has 0 bridgehead atoms. The molecule has 0 radical (unpaired) electrons. The zero-order valence-electron chi connectivity index (χ0n) is 15.6. The van der Waals surface area contributed by atoms with E-state index in [2.05, 4.69) is 57.7 Å². The number of carbonyl (C=O) groups excluding carboxylic acids is 1. The van der Waals surface area contributed by atoms with Gasteiger partial charge in [0.2, 0.25) is 5.91 Å². The lowest BCUT2D eigenvalue weighted by Gasteiger charge is -2.39. The molecule has 2 aliphatic heterocycles. The van der Waals surface area contributed by atoms with Crippen molar-refractivity contribution in [3.05, 3.63) is 30.3 Å². The lowest BCUT2D eigenvalue weighted by molar-refractivity contribution is -0.126. The summed E-state index contributed by atoms with van der Waals surface area (Å²) in [6, 6.07) is 10.7. The van der Waals surface area contributed by atoms with Crippen molar-refractivity contribution in [1.82, 2.24) is 15.5 Å². The number of carbonyl (C=O) groups is 1. The largest absolute Gasteiger partial charge is 0.378 e. The Labute approximate surface area is 180 Å². The number of hydrogen-bond acceptors (Lipinski definition) is 5. The van der Waals surface area contributed by atoms with Crippen LogP contribution in [-0.2, 0) is 9.53 Å². The molecule has 27 heavy (non-hydrogen) atoms. The number of morpholine rings is 1. The second-order valence-electron chi connectivity index (χ2n) is 6.53. The van der Waals surface area contributed by atoms with Gasteiger partial charge < -0.3 is 20.3 Å². The molecule has 2 aliphatic rings. The van der Waals surface area contributed by atoms with Gasteiger partial charge in [0, 0.05) is 51.0 Å². The predicted octanol–water partition coefficient (Wildman–Crippen LogP) is 1.57. The minimum Gasteiger partial charge on any atom is -0.378 e. The number of halogens is 3. The number of nitrogens with one attached hydrogen (secondary N) is 2. The molecule has 2 heterocycles. The van der Waals surface area contributed by atoms with Crippen LogP contribution in [-0.4, -0.2) is 75.4 Å². The maximum Gasteiger partial charge on any atom is 0.239 e. The Bertz CT molecular complexity index is 525. The maximum atomic E-state index is 12.1. The van der Waals surface area contributed by atoms with Crippen LogP contribution in [0.4, 0.5) is 5.69 Å². The van der Waals surface area contributed by atoms with Crippen molar-refractivity contribution in [2.45, 2.75) is 19.0 Å². The van der Waals surface area contributed by atoms with Gasteiger partial charge in [0.15, 0.2) is 0 Å². The van der Waals surface area contributed by atoms with Gasteiger partial charge in [-0.05, 0) is 19.1 Å². The number of ether oxygens (including phenoxy) is 1. The van der Waals surface area contributed by atoms with E-state index in [1.807, 2.05) is 0 Å². The SMILES string of the molecule is CC(CNC(=O)C1COCCN1)N1CCN(c2ccccc2)CC1.Cl.Cl.Cl. The topological polar surface area (TPSA) is 56.8 Å². The average Bonchev–Trinajstić information content (AvgIpc) is 2.67. The number of para-hydroxylation sites is 1. The first-order valence-corrected chi connectivity index (χ1v) is 8.87. The van der Waals surface area contributed by atoms with E-state index in [1.165, 1.54) is 5.69 Å². The molecule has 0 saturated carbocycles. The fourth-order valence-corrected chi connectivity index (χ4v) is 3.29. The highest BCUT2D eigenvalue weighted by atomic mass is 35.5. The Kier molecular flexibility index (Phi) is 13.0. The van der Waals surface area contributed by atoms with Crippen molar-refractivity contribution in [2.24, 2.45) is 0 Å². The zero-order chi connectivity index (χ0) is 16.8. The fraction of sp³-hybridized carbons (Fsp3) is 0.611. The first-order chi connectivity index (χ1) is 11.7. The van der Waals surface area contributed by atoms with Gasteiger partial charge in [-0.25, -0.2) is 0 Å². The zero-order valence-corrected chi connectivity index (χ0v) is 18.1. The molecule has 0 aliphatic carbocycles. The summed E-state index contributed by atoms with van der Waals surface area (Å²) in [6.45, 7) is 8.87. The molecule has 156 valence electrons. The van der Waals surface area contributed by atoms with Crippen molar-refractivity contribution in [1.29, 1.82) is 0 Å². The highest BCUT2D eigenvalue weighted by Gasteiger charge is 2.24. The third kappa shape index (κ3) is 7.64. The van der Waals surface area contributed by atoms with Crippen molar-refractivity contribution in [2.75, 3.05) is 57.4 Å². The Morgan fingerprint density at radius 1 is 1.19 bits per heavy atom. The summed E-state index contributed by atoms with van der Waals surface area (Å²) in [5.41, 5.74) is 1.29. The number of benzene rings is 1. The van der Waals surface area contributed by atoms with Crippen LogP contribution < -0.4 is 15.5 Å². The van der Waals surface area contributed by atoms with E-state index in [9.17, 15) is 4.79 Å². The van der Waals surface area contributed by atoms with E-state index < -0.39 is 0 Å². The standard InChI is InChI=1S/C18H28N4O2.3ClH/c1-15(13-20-18(23)17-14-24-12-7-19-17)21-8-10-22(11-9-21)16-5-3-2-4-6-16;;;/h2-6,15,17,19H,7-14H2,1H3,(H,20,23);3*1H. The third-order valence-corrected chi connectivity index (χ3v) is 4.87. The molecule has 2 saturated heterocycles. The molecule has 2 unspecified atom stereocenters. The van der Waals surface area contributed by atoms with Crippen LogP contribution in [0, 0.1) is 0 Å². The normalized spacial score (nSPS) is 21.1. The van der Waals surface area contributed by atoms with Gasteiger partial charge in [-0.1, -0.05) is 18.2 Å². The average molecular weight is 442 g/mol. The van der Waals surface area contributed by atoms with Crippen LogP contribution in [0.3, 0.4) is 0 Å².